The molecule has 1 amide bonds. The molecule has 3 aromatic heterocycles. The largest absolute Gasteiger partial charge is 0.323 e. The van der Waals surface area contributed by atoms with Gasteiger partial charge in [0.05, 0.1) is 16.8 Å². The lowest BCUT2D eigenvalue weighted by Crippen LogP contribution is -2.19. The zero-order valence-electron chi connectivity index (χ0n) is 10.6. The number of aromatic nitrogens is 3. The Bertz CT molecular complexity index is 691. The van der Waals surface area contributed by atoms with Crippen molar-refractivity contribution in [2.75, 3.05) is 5.32 Å². The van der Waals surface area contributed by atoms with Crippen molar-refractivity contribution in [3.8, 4) is 10.6 Å². The molecule has 0 saturated heterocycles. The molecule has 6 heteroatoms. The lowest BCUT2D eigenvalue weighted by atomic mass is 10.3. The van der Waals surface area contributed by atoms with Gasteiger partial charge in [0.1, 0.15) is 12.2 Å². The molecule has 0 aliphatic heterocycles. The summed E-state index contributed by atoms with van der Waals surface area (Å²) in [5, 5.41) is 9.16. The normalized spacial score (nSPS) is 10.4. The van der Waals surface area contributed by atoms with Gasteiger partial charge in [-0.1, -0.05) is 6.07 Å². The summed E-state index contributed by atoms with van der Waals surface area (Å²) in [6.45, 7) is 0.181. The minimum atomic E-state index is -0.126. The van der Waals surface area contributed by atoms with E-state index in [1.807, 2.05) is 23.6 Å². The summed E-state index contributed by atoms with van der Waals surface area (Å²) in [6, 6.07) is 9.47. The van der Waals surface area contributed by atoms with Crippen molar-refractivity contribution >= 4 is 22.9 Å². The molecular formula is C14H12N4OS. The summed E-state index contributed by atoms with van der Waals surface area (Å²) in [5.41, 5.74) is 1.57. The molecule has 3 heterocycles. The van der Waals surface area contributed by atoms with Crippen LogP contribution in [0.4, 0.5) is 5.69 Å². The second kappa shape index (κ2) is 5.66. The van der Waals surface area contributed by atoms with Crippen LogP contribution in [0.1, 0.15) is 0 Å². The van der Waals surface area contributed by atoms with Gasteiger partial charge in [-0.05, 0) is 29.6 Å². The summed E-state index contributed by atoms with van der Waals surface area (Å²) in [7, 11) is 0. The Labute approximate surface area is 119 Å². The summed E-state index contributed by atoms with van der Waals surface area (Å²) < 4.78 is 1.63. The molecule has 0 aromatic carbocycles. The number of thiophene rings is 1. The molecule has 5 nitrogen and oxygen atoms in total. The second-order valence-electron chi connectivity index (χ2n) is 4.17. The maximum Gasteiger partial charge on any atom is 0.246 e. The molecular weight excluding hydrogens is 272 g/mol. The van der Waals surface area contributed by atoms with E-state index in [1.165, 1.54) is 0 Å². The van der Waals surface area contributed by atoms with Crippen LogP contribution in [-0.2, 0) is 11.3 Å². The molecule has 0 spiro atoms. The Morgan fingerprint density at radius 3 is 3.00 bits per heavy atom. The lowest BCUT2D eigenvalue weighted by molar-refractivity contribution is -0.116. The van der Waals surface area contributed by atoms with Crippen LogP contribution in [0.25, 0.3) is 10.6 Å². The highest BCUT2D eigenvalue weighted by Crippen LogP contribution is 2.22. The average molecular weight is 284 g/mol. The first-order chi connectivity index (χ1) is 9.81. The molecule has 0 aliphatic rings. The highest BCUT2D eigenvalue weighted by Gasteiger charge is 2.07. The van der Waals surface area contributed by atoms with Crippen LogP contribution in [0, 0.1) is 0 Å². The number of hydrogen-bond acceptors (Lipinski definition) is 4. The van der Waals surface area contributed by atoms with Crippen LogP contribution < -0.4 is 5.32 Å². The van der Waals surface area contributed by atoms with Gasteiger partial charge in [0.2, 0.25) is 5.91 Å². The average Bonchev–Trinajstić information content (AvgIpc) is 3.10. The number of rotatable bonds is 4. The molecule has 3 rings (SSSR count). The van der Waals surface area contributed by atoms with Gasteiger partial charge < -0.3 is 5.32 Å². The third-order valence-corrected chi connectivity index (χ3v) is 3.56. The highest BCUT2D eigenvalue weighted by atomic mass is 32.1. The SMILES string of the molecule is O=C(Cn1ccc(-c2cccs2)n1)Nc1cccnc1. The van der Waals surface area contributed by atoms with E-state index in [0.717, 1.165) is 10.6 Å². The summed E-state index contributed by atoms with van der Waals surface area (Å²) in [5.74, 6) is -0.126. The van der Waals surface area contributed by atoms with Crippen LogP contribution in [0.5, 0.6) is 0 Å². The number of carbonyl (C=O) groups excluding carboxylic acids is 1. The number of amides is 1. The fourth-order valence-corrected chi connectivity index (χ4v) is 2.48. The Kier molecular flexibility index (Phi) is 3.56. The van der Waals surface area contributed by atoms with Gasteiger partial charge >= 0.3 is 0 Å². The summed E-state index contributed by atoms with van der Waals surface area (Å²) in [6.07, 6.45) is 5.08. The van der Waals surface area contributed by atoms with E-state index in [1.54, 1.807) is 46.7 Å². The molecule has 0 atom stereocenters. The van der Waals surface area contributed by atoms with Crippen LogP contribution >= 0.6 is 11.3 Å². The molecule has 0 bridgehead atoms. The van der Waals surface area contributed by atoms with Crippen molar-refractivity contribution in [3.05, 3.63) is 54.3 Å². The summed E-state index contributed by atoms with van der Waals surface area (Å²) in [4.78, 5) is 16.9. The standard InChI is InChI=1S/C14H12N4OS/c19-14(16-11-3-1-6-15-9-11)10-18-7-5-12(17-18)13-4-2-8-20-13/h1-9H,10H2,(H,16,19). The van der Waals surface area contributed by atoms with Gasteiger partial charge in [-0.3, -0.25) is 14.5 Å². The van der Waals surface area contributed by atoms with Crippen molar-refractivity contribution in [1.29, 1.82) is 0 Å². The topological polar surface area (TPSA) is 59.8 Å². The fourth-order valence-electron chi connectivity index (χ4n) is 1.79. The van der Waals surface area contributed by atoms with Gasteiger partial charge in [0, 0.05) is 12.4 Å². The van der Waals surface area contributed by atoms with Crippen LogP contribution in [0.2, 0.25) is 0 Å². The first-order valence-corrected chi connectivity index (χ1v) is 6.96. The van der Waals surface area contributed by atoms with E-state index < -0.39 is 0 Å². The second-order valence-corrected chi connectivity index (χ2v) is 5.11. The quantitative estimate of drug-likeness (QED) is 0.801. The number of pyridine rings is 1. The first kappa shape index (κ1) is 12.6. The van der Waals surface area contributed by atoms with E-state index in [4.69, 9.17) is 0 Å². The number of carbonyl (C=O) groups is 1. The molecule has 100 valence electrons. The van der Waals surface area contributed by atoms with Crippen molar-refractivity contribution in [3.63, 3.8) is 0 Å². The van der Waals surface area contributed by atoms with Crippen molar-refractivity contribution < 1.29 is 4.79 Å². The van der Waals surface area contributed by atoms with Crippen LogP contribution in [0.15, 0.2) is 54.3 Å². The third kappa shape index (κ3) is 2.92. The number of nitrogens with zero attached hydrogens (tertiary/aromatic N) is 3. The Balaban J connectivity index is 1.65. The molecule has 0 aliphatic carbocycles. The molecule has 0 radical (unpaired) electrons. The molecule has 20 heavy (non-hydrogen) atoms. The zero-order valence-corrected chi connectivity index (χ0v) is 11.4. The van der Waals surface area contributed by atoms with Gasteiger partial charge in [-0.2, -0.15) is 5.10 Å². The minimum Gasteiger partial charge on any atom is -0.323 e. The Morgan fingerprint density at radius 1 is 1.30 bits per heavy atom. The lowest BCUT2D eigenvalue weighted by Gasteiger charge is -2.04. The molecule has 0 unspecified atom stereocenters. The van der Waals surface area contributed by atoms with Crippen LogP contribution in [0.3, 0.4) is 0 Å². The number of anilines is 1. The summed E-state index contributed by atoms with van der Waals surface area (Å²) >= 11 is 1.63. The zero-order chi connectivity index (χ0) is 13.8. The first-order valence-electron chi connectivity index (χ1n) is 6.08. The van der Waals surface area contributed by atoms with E-state index in [0.29, 0.717) is 5.69 Å². The maximum atomic E-state index is 11.9. The van der Waals surface area contributed by atoms with Gasteiger partial charge in [-0.25, -0.2) is 0 Å². The monoisotopic (exact) mass is 284 g/mol. The fraction of sp³-hybridized carbons (Fsp3) is 0.0714. The van der Waals surface area contributed by atoms with Crippen molar-refractivity contribution in [1.82, 2.24) is 14.8 Å². The van der Waals surface area contributed by atoms with Crippen LogP contribution in [-0.4, -0.2) is 20.7 Å². The van der Waals surface area contributed by atoms with E-state index in [-0.39, 0.29) is 12.5 Å². The molecule has 1 N–H and O–H groups in total. The Hall–Kier alpha value is -2.47. The molecule has 0 fully saturated rings. The van der Waals surface area contributed by atoms with E-state index in [2.05, 4.69) is 15.4 Å². The third-order valence-electron chi connectivity index (χ3n) is 2.67. The molecule has 0 saturated carbocycles. The van der Waals surface area contributed by atoms with E-state index >= 15 is 0 Å². The molecule has 3 aromatic rings. The van der Waals surface area contributed by atoms with Crippen molar-refractivity contribution in [2.45, 2.75) is 6.54 Å². The maximum absolute atomic E-state index is 11.9. The van der Waals surface area contributed by atoms with Gasteiger partial charge in [0.15, 0.2) is 0 Å². The van der Waals surface area contributed by atoms with Gasteiger partial charge in [-0.15, -0.1) is 11.3 Å². The smallest absolute Gasteiger partial charge is 0.246 e. The minimum absolute atomic E-state index is 0.126. The number of hydrogen-bond donors (Lipinski definition) is 1. The highest BCUT2D eigenvalue weighted by molar-refractivity contribution is 7.13. The van der Waals surface area contributed by atoms with Gasteiger partial charge in [0.25, 0.3) is 0 Å². The van der Waals surface area contributed by atoms with Crippen molar-refractivity contribution in [2.24, 2.45) is 0 Å². The Morgan fingerprint density at radius 2 is 2.25 bits per heavy atom. The predicted molar refractivity (Wildman–Crippen MR) is 78.4 cm³/mol. The number of nitrogens with one attached hydrogen (secondary N) is 1. The van der Waals surface area contributed by atoms with E-state index in [9.17, 15) is 4.79 Å². The predicted octanol–water partition coefficient (Wildman–Crippen LogP) is 2.65.